The summed E-state index contributed by atoms with van der Waals surface area (Å²) in [6.45, 7) is 11.3. The lowest BCUT2D eigenvalue weighted by Gasteiger charge is -2.39. The number of anilines is 1. The second-order valence-electron chi connectivity index (χ2n) is 9.24. The van der Waals surface area contributed by atoms with Crippen LogP contribution in [0.3, 0.4) is 0 Å². The van der Waals surface area contributed by atoms with E-state index >= 15 is 0 Å². The summed E-state index contributed by atoms with van der Waals surface area (Å²) >= 11 is 0. The first-order valence-electron chi connectivity index (χ1n) is 11.0. The van der Waals surface area contributed by atoms with Crippen molar-refractivity contribution in [3.8, 4) is 0 Å². The minimum atomic E-state index is -0.140. The second-order valence-corrected chi connectivity index (χ2v) is 9.24. The van der Waals surface area contributed by atoms with E-state index in [1.165, 1.54) is 50.1 Å². The number of nitrogens with zero attached hydrogens (tertiary/aromatic N) is 3. The highest BCUT2D eigenvalue weighted by Crippen LogP contribution is 2.41. The molecule has 3 saturated heterocycles. The molecule has 0 aromatic heterocycles. The molecule has 0 atom stereocenters. The van der Waals surface area contributed by atoms with Crippen molar-refractivity contribution in [3.05, 3.63) is 29.8 Å². The standard InChI is InChI=1S/C23H35N3O2/c1-19(2)28-22(27)26-14-9-23(10-15-26)8-13-24(18-23)17-20-6-5-7-21(16-20)25-11-3-4-12-25/h5-7,16,19H,3-4,8-15,17-18H2,1-2H3. The van der Waals surface area contributed by atoms with E-state index in [2.05, 4.69) is 34.1 Å². The predicted molar refractivity (Wildman–Crippen MR) is 113 cm³/mol. The topological polar surface area (TPSA) is 36.0 Å². The van der Waals surface area contributed by atoms with Crippen LogP contribution in [0, 0.1) is 5.41 Å². The molecule has 0 unspecified atom stereocenters. The van der Waals surface area contributed by atoms with Crippen molar-refractivity contribution >= 4 is 11.8 Å². The Labute approximate surface area is 169 Å². The third-order valence-corrected chi connectivity index (χ3v) is 6.72. The fourth-order valence-corrected chi connectivity index (χ4v) is 5.10. The summed E-state index contributed by atoms with van der Waals surface area (Å²) in [5.41, 5.74) is 3.21. The van der Waals surface area contributed by atoms with Gasteiger partial charge in [0, 0.05) is 45.0 Å². The molecule has 1 spiro atoms. The van der Waals surface area contributed by atoms with Gasteiger partial charge in [0.25, 0.3) is 0 Å². The van der Waals surface area contributed by atoms with E-state index in [9.17, 15) is 4.79 Å². The maximum absolute atomic E-state index is 12.1. The van der Waals surface area contributed by atoms with Crippen molar-refractivity contribution < 1.29 is 9.53 Å². The smallest absolute Gasteiger partial charge is 0.410 e. The van der Waals surface area contributed by atoms with Crippen LogP contribution >= 0.6 is 0 Å². The van der Waals surface area contributed by atoms with Crippen molar-refractivity contribution in [1.82, 2.24) is 9.80 Å². The molecule has 0 aliphatic carbocycles. The van der Waals surface area contributed by atoms with Gasteiger partial charge in [0.05, 0.1) is 6.10 Å². The number of carbonyl (C=O) groups is 1. The lowest BCUT2D eigenvalue weighted by atomic mass is 9.78. The number of amides is 1. The average molecular weight is 386 g/mol. The highest BCUT2D eigenvalue weighted by atomic mass is 16.6. The summed E-state index contributed by atoms with van der Waals surface area (Å²) in [5.74, 6) is 0. The molecular formula is C23H35N3O2. The zero-order valence-corrected chi connectivity index (χ0v) is 17.5. The van der Waals surface area contributed by atoms with Crippen LogP contribution in [-0.2, 0) is 11.3 Å². The van der Waals surface area contributed by atoms with E-state index in [1.807, 2.05) is 18.7 Å². The molecule has 1 amide bonds. The van der Waals surface area contributed by atoms with Crippen molar-refractivity contribution in [3.63, 3.8) is 0 Å². The van der Waals surface area contributed by atoms with Gasteiger partial charge in [-0.2, -0.15) is 0 Å². The Hall–Kier alpha value is -1.75. The van der Waals surface area contributed by atoms with Gasteiger partial charge in [-0.05, 0) is 75.6 Å². The number of benzene rings is 1. The molecule has 3 aliphatic heterocycles. The Bertz CT molecular complexity index is 676. The number of ether oxygens (including phenoxy) is 1. The molecule has 3 heterocycles. The summed E-state index contributed by atoms with van der Waals surface area (Å²) in [7, 11) is 0. The highest BCUT2D eigenvalue weighted by molar-refractivity contribution is 5.67. The monoisotopic (exact) mass is 385 g/mol. The zero-order chi connectivity index (χ0) is 19.6. The predicted octanol–water partition coefficient (Wildman–Crippen LogP) is 4.12. The van der Waals surface area contributed by atoms with E-state index in [-0.39, 0.29) is 12.2 Å². The fraction of sp³-hybridized carbons (Fsp3) is 0.696. The fourth-order valence-electron chi connectivity index (χ4n) is 5.10. The summed E-state index contributed by atoms with van der Waals surface area (Å²) < 4.78 is 5.37. The van der Waals surface area contributed by atoms with Crippen LogP contribution < -0.4 is 4.90 Å². The number of hydrogen-bond donors (Lipinski definition) is 0. The molecule has 3 fully saturated rings. The van der Waals surface area contributed by atoms with E-state index in [0.717, 1.165) is 39.0 Å². The summed E-state index contributed by atoms with van der Waals surface area (Å²) in [5, 5.41) is 0. The van der Waals surface area contributed by atoms with Crippen LogP contribution in [0.5, 0.6) is 0 Å². The Morgan fingerprint density at radius 2 is 1.79 bits per heavy atom. The first kappa shape index (κ1) is 19.6. The minimum absolute atomic E-state index is 0.0401. The Morgan fingerprint density at radius 3 is 2.50 bits per heavy atom. The molecule has 1 aromatic carbocycles. The third kappa shape index (κ3) is 4.45. The second kappa shape index (κ2) is 8.32. The van der Waals surface area contributed by atoms with Gasteiger partial charge in [-0.15, -0.1) is 0 Å². The third-order valence-electron chi connectivity index (χ3n) is 6.72. The molecule has 5 heteroatoms. The van der Waals surface area contributed by atoms with Gasteiger partial charge in [0.15, 0.2) is 0 Å². The summed E-state index contributed by atoms with van der Waals surface area (Å²) in [6.07, 6.45) is 5.92. The van der Waals surface area contributed by atoms with E-state index < -0.39 is 0 Å². The molecule has 3 aliphatic rings. The lowest BCUT2D eigenvalue weighted by molar-refractivity contribution is 0.0502. The van der Waals surface area contributed by atoms with Gasteiger partial charge < -0.3 is 14.5 Å². The van der Waals surface area contributed by atoms with Crippen LogP contribution in [0.25, 0.3) is 0 Å². The van der Waals surface area contributed by atoms with Crippen LogP contribution in [0.4, 0.5) is 10.5 Å². The maximum Gasteiger partial charge on any atom is 0.410 e. The summed E-state index contributed by atoms with van der Waals surface area (Å²) in [6, 6.07) is 9.13. The van der Waals surface area contributed by atoms with Crippen LogP contribution in [0.15, 0.2) is 24.3 Å². The Morgan fingerprint density at radius 1 is 1.07 bits per heavy atom. The van der Waals surface area contributed by atoms with E-state index in [0.29, 0.717) is 5.41 Å². The Balaban J connectivity index is 1.30. The molecular weight excluding hydrogens is 350 g/mol. The molecule has 0 N–H and O–H groups in total. The van der Waals surface area contributed by atoms with Gasteiger partial charge in [0.1, 0.15) is 0 Å². The molecule has 154 valence electrons. The molecule has 1 aromatic rings. The first-order valence-corrected chi connectivity index (χ1v) is 11.0. The highest BCUT2D eigenvalue weighted by Gasteiger charge is 2.41. The molecule has 28 heavy (non-hydrogen) atoms. The number of carbonyl (C=O) groups excluding carboxylic acids is 1. The SMILES string of the molecule is CC(C)OC(=O)N1CCC2(CCN(Cc3cccc(N4CCCC4)c3)C2)CC1. The van der Waals surface area contributed by atoms with Crippen LogP contribution in [-0.4, -0.2) is 61.3 Å². The van der Waals surface area contributed by atoms with Gasteiger partial charge in [-0.3, -0.25) is 4.90 Å². The molecule has 5 nitrogen and oxygen atoms in total. The van der Waals surface area contributed by atoms with Crippen LogP contribution in [0.1, 0.15) is 51.5 Å². The lowest BCUT2D eigenvalue weighted by Crippen LogP contribution is -2.44. The zero-order valence-electron chi connectivity index (χ0n) is 17.5. The number of likely N-dealkylation sites (tertiary alicyclic amines) is 2. The average Bonchev–Trinajstić information content (AvgIpc) is 3.33. The van der Waals surface area contributed by atoms with Crippen molar-refractivity contribution in [2.24, 2.45) is 5.41 Å². The molecule has 4 rings (SSSR count). The van der Waals surface area contributed by atoms with Gasteiger partial charge in [-0.1, -0.05) is 12.1 Å². The molecule has 0 radical (unpaired) electrons. The minimum Gasteiger partial charge on any atom is -0.447 e. The van der Waals surface area contributed by atoms with E-state index in [4.69, 9.17) is 4.74 Å². The van der Waals surface area contributed by atoms with Crippen molar-refractivity contribution in [2.75, 3.05) is 44.2 Å². The number of hydrogen-bond acceptors (Lipinski definition) is 4. The maximum atomic E-state index is 12.1. The van der Waals surface area contributed by atoms with Crippen molar-refractivity contribution in [1.29, 1.82) is 0 Å². The quantitative estimate of drug-likeness (QED) is 0.781. The van der Waals surface area contributed by atoms with Crippen LogP contribution in [0.2, 0.25) is 0 Å². The Kier molecular flexibility index (Phi) is 5.81. The van der Waals surface area contributed by atoms with Gasteiger partial charge in [-0.25, -0.2) is 4.79 Å². The van der Waals surface area contributed by atoms with E-state index in [1.54, 1.807) is 0 Å². The molecule has 0 saturated carbocycles. The number of piperidine rings is 1. The summed E-state index contributed by atoms with van der Waals surface area (Å²) in [4.78, 5) is 19.2. The van der Waals surface area contributed by atoms with Gasteiger partial charge in [0.2, 0.25) is 0 Å². The van der Waals surface area contributed by atoms with Gasteiger partial charge >= 0.3 is 6.09 Å². The largest absolute Gasteiger partial charge is 0.447 e. The van der Waals surface area contributed by atoms with Crippen molar-refractivity contribution in [2.45, 2.75) is 58.6 Å². The normalized spacial score (nSPS) is 22.4. The number of rotatable bonds is 4. The first-order chi connectivity index (χ1) is 13.5. The molecule has 0 bridgehead atoms.